The van der Waals surface area contributed by atoms with Crippen molar-refractivity contribution < 1.29 is 13.9 Å². The minimum atomic E-state index is -0.647. The third-order valence-corrected chi connectivity index (χ3v) is 7.00. The van der Waals surface area contributed by atoms with Crippen molar-refractivity contribution in [1.82, 2.24) is 10.3 Å². The first kappa shape index (κ1) is 17.7. The summed E-state index contributed by atoms with van der Waals surface area (Å²) in [6.07, 6.45) is 8.35. The van der Waals surface area contributed by atoms with Crippen LogP contribution in [0, 0.1) is 29.5 Å². The molecule has 0 atom stereocenters. The lowest BCUT2D eigenvalue weighted by Gasteiger charge is -2.54. The monoisotopic (exact) mass is 380 g/mol. The van der Waals surface area contributed by atoms with Crippen LogP contribution in [0.5, 0.6) is 11.6 Å². The van der Waals surface area contributed by atoms with Crippen LogP contribution < -0.4 is 10.1 Å². The molecular formula is C23H25FN2O2. The van der Waals surface area contributed by atoms with Gasteiger partial charge in [-0.15, -0.1) is 0 Å². The molecule has 0 aliphatic heterocycles. The largest absolute Gasteiger partial charge is 0.436 e. The van der Waals surface area contributed by atoms with Crippen LogP contribution in [-0.2, 0) is 0 Å². The van der Waals surface area contributed by atoms with E-state index in [0.29, 0.717) is 11.7 Å². The molecule has 0 unspecified atom stereocenters. The molecule has 1 heterocycles. The standard InChI is InChI=1S/C23H25FN2O2/c1-25-22(27)18-11-20(24)23(26-12-18)28-19-4-2-15(3-5-19)21-16-7-13-6-14(9-16)10-17(21)8-13/h2-5,11-14,16-17,21H,6-10H2,1H3,(H,25,27). The van der Waals surface area contributed by atoms with E-state index in [-0.39, 0.29) is 17.4 Å². The Hall–Kier alpha value is -2.43. The Bertz CT molecular complexity index is 868. The highest BCUT2D eigenvalue weighted by Crippen LogP contribution is 2.59. The molecule has 4 bridgehead atoms. The van der Waals surface area contributed by atoms with Crippen molar-refractivity contribution in [3.63, 3.8) is 0 Å². The minimum Gasteiger partial charge on any atom is -0.436 e. The Balaban J connectivity index is 1.31. The number of nitrogens with one attached hydrogen (secondary N) is 1. The van der Waals surface area contributed by atoms with Crippen molar-refractivity contribution in [3.8, 4) is 11.6 Å². The van der Waals surface area contributed by atoms with Gasteiger partial charge in [-0.1, -0.05) is 12.1 Å². The second-order valence-electron chi connectivity index (χ2n) is 8.72. The Kier molecular flexibility index (Phi) is 4.33. The van der Waals surface area contributed by atoms with E-state index in [2.05, 4.69) is 22.4 Å². The quantitative estimate of drug-likeness (QED) is 0.820. The van der Waals surface area contributed by atoms with E-state index in [0.717, 1.165) is 29.7 Å². The Morgan fingerprint density at radius 3 is 2.29 bits per heavy atom. The van der Waals surface area contributed by atoms with E-state index in [9.17, 15) is 9.18 Å². The summed E-state index contributed by atoms with van der Waals surface area (Å²) in [7, 11) is 1.50. The minimum absolute atomic E-state index is 0.116. The normalized spacial score (nSPS) is 30.3. The van der Waals surface area contributed by atoms with Crippen LogP contribution >= 0.6 is 0 Å². The van der Waals surface area contributed by atoms with E-state index in [1.165, 1.54) is 50.9 Å². The van der Waals surface area contributed by atoms with E-state index >= 15 is 0 Å². The molecule has 0 radical (unpaired) electrons. The van der Waals surface area contributed by atoms with Crippen LogP contribution in [-0.4, -0.2) is 17.9 Å². The average Bonchev–Trinajstić information content (AvgIpc) is 2.69. The number of hydrogen-bond donors (Lipinski definition) is 1. The molecule has 28 heavy (non-hydrogen) atoms. The predicted octanol–water partition coefficient (Wildman–Crippen LogP) is 4.91. The molecular weight excluding hydrogens is 355 g/mol. The van der Waals surface area contributed by atoms with Crippen molar-refractivity contribution in [2.75, 3.05) is 7.05 Å². The zero-order valence-corrected chi connectivity index (χ0v) is 16.0. The van der Waals surface area contributed by atoms with Gasteiger partial charge in [0.1, 0.15) is 5.75 Å². The maximum Gasteiger partial charge on any atom is 0.255 e. The third-order valence-electron chi connectivity index (χ3n) is 7.00. The molecule has 1 aromatic heterocycles. The average molecular weight is 380 g/mol. The SMILES string of the molecule is CNC(=O)c1cnc(Oc2ccc(C3C4CC5CC(C4)CC3C5)cc2)c(F)c1. The molecule has 4 saturated carbocycles. The summed E-state index contributed by atoms with van der Waals surface area (Å²) in [6.45, 7) is 0. The van der Waals surface area contributed by atoms with E-state index < -0.39 is 5.82 Å². The molecule has 4 aliphatic rings. The van der Waals surface area contributed by atoms with Crippen LogP contribution in [0.2, 0.25) is 0 Å². The fourth-order valence-electron chi connectivity index (χ4n) is 6.11. The first-order valence-electron chi connectivity index (χ1n) is 10.3. The van der Waals surface area contributed by atoms with Crippen molar-refractivity contribution >= 4 is 5.91 Å². The number of benzene rings is 1. The molecule has 0 spiro atoms. The Morgan fingerprint density at radius 2 is 1.71 bits per heavy atom. The predicted molar refractivity (Wildman–Crippen MR) is 104 cm³/mol. The van der Waals surface area contributed by atoms with Crippen molar-refractivity contribution in [2.24, 2.45) is 23.7 Å². The maximum absolute atomic E-state index is 14.2. The van der Waals surface area contributed by atoms with Gasteiger partial charge in [-0.05, 0) is 85.5 Å². The van der Waals surface area contributed by atoms with Gasteiger partial charge in [0.05, 0.1) is 5.56 Å². The summed E-state index contributed by atoms with van der Waals surface area (Å²) in [5, 5.41) is 2.45. The highest BCUT2D eigenvalue weighted by molar-refractivity contribution is 5.93. The van der Waals surface area contributed by atoms with Crippen LogP contribution in [0.25, 0.3) is 0 Å². The summed E-state index contributed by atoms with van der Waals surface area (Å²) in [5.74, 6) is 3.69. The molecule has 5 heteroatoms. The Morgan fingerprint density at radius 1 is 1.07 bits per heavy atom. The second kappa shape index (κ2) is 6.87. The molecule has 4 fully saturated rings. The van der Waals surface area contributed by atoms with Gasteiger partial charge >= 0.3 is 0 Å². The lowest BCUT2D eigenvalue weighted by Crippen LogP contribution is -2.43. The van der Waals surface area contributed by atoms with Gasteiger partial charge in [-0.25, -0.2) is 9.37 Å². The van der Waals surface area contributed by atoms with Crippen LogP contribution in [0.15, 0.2) is 36.5 Å². The number of aromatic nitrogens is 1. The topological polar surface area (TPSA) is 51.2 Å². The van der Waals surface area contributed by atoms with Gasteiger partial charge in [0.2, 0.25) is 0 Å². The second-order valence-corrected chi connectivity index (χ2v) is 8.72. The van der Waals surface area contributed by atoms with E-state index in [1.54, 1.807) is 0 Å². The van der Waals surface area contributed by atoms with Crippen molar-refractivity contribution in [2.45, 2.75) is 38.0 Å². The van der Waals surface area contributed by atoms with E-state index in [4.69, 9.17) is 4.74 Å². The highest BCUT2D eigenvalue weighted by atomic mass is 19.1. The number of carbonyl (C=O) groups excluding carboxylic acids is 1. The summed E-state index contributed by atoms with van der Waals surface area (Å²) in [5.41, 5.74) is 1.56. The molecule has 0 saturated heterocycles. The molecule has 1 N–H and O–H groups in total. The number of amides is 1. The summed E-state index contributed by atoms with van der Waals surface area (Å²) in [6, 6.07) is 9.24. The first-order chi connectivity index (χ1) is 13.6. The summed E-state index contributed by atoms with van der Waals surface area (Å²) in [4.78, 5) is 15.5. The van der Waals surface area contributed by atoms with Crippen LogP contribution in [0.3, 0.4) is 0 Å². The van der Waals surface area contributed by atoms with Gasteiger partial charge in [-0.3, -0.25) is 4.79 Å². The summed E-state index contributed by atoms with van der Waals surface area (Å²) >= 11 is 0. The fraction of sp³-hybridized carbons (Fsp3) is 0.478. The molecule has 6 rings (SSSR count). The number of hydrogen-bond acceptors (Lipinski definition) is 3. The number of halogens is 1. The zero-order chi connectivity index (χ0) is 19.3. The van der Waals surface area contributed by atoms with Crippen LogP contribution in [0.4, 0.5) is 4.39 Å². The zero-order valence-electron chi connectivity index (χ0n) is 16.0. The van der Waals surface area contributed by atoms with Gasteiger partial charge < -0.3 is 10.1 Å². The molecule has 4 aliphatic carbocycles. The van der Waals surface area contributed by atoms with Gasteiger partial charge in [0.15, 0.2) is 5.82 Å². The number of rotatable bonds is 4. The molecule has 4 nitrogen and oxygen atoms in total. The summed E-state index contributed by atoms with van der Waals surface area (Å²) < 4.78 is 19.9. The van der Waals surface area contributed by atoms with Crippen LogP contribution in [0.1, 0.15) is 53.9 Å². The molecule has 1 amide bonds. The number of ether oxygens (including phenoxy) is 1. The maximum atomic E-state index is 14.2. The van der Waals surface area contributed by atoms with Gasteiger partial charge in [0.25, 0.3) is 11.8 Å². The fourth-order valence-corrected chi connectivity index (χ4v) is 6.11. The highest BCUT2D eigenvalue weighted by Gasteiger charge is 2.48. The third kappa shape index (κ3) is 3.07. The lowest BCUT2D eigenvalue weighted by molar-refractivity contribution is -0.00279. The number of carbonyl (C=O) groups is 1. The van der Waals surface area contributed by atoms with Gasteiger partial charge in [-0.2, -0.15) is 0 Å². The van der Waals surface area contributed by atoms with Gasteiger partial charge in [0, 0.05) is 13.2 Å². The lowest BCUT2D eigenvalue weighted by atomic mass is 9.51. The van der Waals surface area contributed by atoms with E-state index in [1.807, 2.05) is 12.1 Å². The Labute approximate surface area is 164 Å². The molecule has 146 valence electrons. The number of nitrogens with zero attached hydrogens (tertiary/aromatic N) is 1. The number of pyridine rings is 1. The molecule has 2 aromatic rings. The smallest absolute Gasteiger partial charge is 0.255 e. The molecule has 1 aromatic carbocycles. The van der Waals surface area contributed by atoms with Crippen molar-refractivity contribution in [3.05, 3.63) is 53.5 Å². The first-order valence-corrected chi connectivity index (χ1v) is 10.3. The van der Waals surface area contributed by atoms with Crippen molar-refractivity contribution in [1.29, 1.82) is 0 Å².